The van der Waals surface area contributed by atoms with Crippen LogP contribution in [0, 0.1) is 23.7 Å². The van der Waals surface area contributed by atoms with Crippen LogP contribution in [0.4, 0.5) is 5.69 Å². The largest absolute Gasteiger partial charge is 0.504 e. The lowest BCUT2D eigenvalue weighted by Gasteiger charge is -2.50. The number of carbonyl (C=O) groups excluding carboxylic acids is 4. The number of allylic oxidation sites excluding steroid dienone is 2. The van der Waals surface area contributed by atoms with Gasteiger partial charge in [-0.1, -0.05) is 69.8 Å². The second kappa shape index (κ2) is 12.9. The summed E-state index contributed by atoms with van der Waals surface area (Å²) in [5, 5.41) is 13.4. The molecule has 2 aliphatic heterocycles. The van der Waals surface area contributed by atoms with Crippen LogP contribution in [-0.2, 0) is 24.6 Å². The predicted octanol–water partition coefficient (Wildman–Crippen LogP) is 6.87. The van der Waals surface area contributed by atoms with Gasteiger partial charge in [-0.25, -0.2) is 0 Å². The van der Waals surface area contributed by atoms with Gasteiger partial charge in [-0.3, -0.25) is 29.5 Å². The van der Waals surface area contributed by atoms with E-state index in [9.17, 15) is 19.5 Å². The second-order valence-corrected chi connectivity index (χ2v) is 14.8. The van der Waals surface area contributed by atoms with Crippen molar-refractivity contribution < 1.29 is 33.8 Å². The molecule has 3 aromatic rings. The van der Waals surface area contributed by atoms with Crippen LogP contribution in [0.15, 0.2) is 70.7 Å². The summed E-state index contributed by atoms with van der Waals surface area (Å²) < 4.78 is 11.6. The number of aromatic hydroxyl groups is 1. The van der Waals surface area contributed by atoms with E-state index in [2.05, 4.69) is 21.4 Å². The second-order valence-electron chi connectivity index (χ2n) is 13.1. The van der Waals surface area contributed by atoms with Crippen molar-refractivity contribution in [2.75, 3.05) is 26.2 Å². The fraction of sp³-hybridized carbons (Fsp3) is 0.351. The highest BCUT2D eigenvalue weighted by atomic mass is 79.9. The minimum Gasteiger partial charge on any atom is -0.504 e. The zero-order chi connectivity index (χ0) is 35.6. The Bertz CT molecular complexity index is 1970. The maximum absolute atomic E-state index is 15.4. The molecule has 13 heteroatoms. The molecule has 2 saturated heterocycles. The number of anilines is 1. The van der Waals surface area contributed by atoms with Crippen molar-refractivity contribution >= 4 is 68.4 Å². The highest BCUT2D eigenvalue weighted by molar-refractivity contribution is 9.10. The smallest absolute Gasteiger partial charge is 0.260 e. The first-order valence-corrected chi connectivity index (χ1v) is 17.9. The number of phenolic OH excluding ortho intramolecular Hbond substituents is 1. The summed E-state index contributed by atoms with van der Waals surface area (Å²) in [7, 11) is 2.96. The molecule has 0 spiro atoms. The maximum Gasteiger partial charge on any atom is 0.260 e. The van der Waals surface area contributed by atoms with Crippen LogP contribution in [0.2, 0.25) is 10.0 Å². The van der Waals surface area contributed by atoms with Gasteiger partial charge in [0.25, 0.3) is 11.8 Å². The number of rotatable bonds is 8. The molecular formula is C37H34BrCl2N3O7. The average Bonchev–Trinajstić information content (AvgIpc) is 3.47. The number of nitrogens with one attached hydrogen (secondary N) is 1. The summed E-state index contributed by atoms with van der Waals surface area (Å²) in [5.41, 5.74) is 3.19. The van der Waals surface area contributed by atoms with Gasteiger partial charge in [-0.05, 0) is 73.2 Å². The fourth-order valence-electron chi connectivity index (χ4n) is 8.67. The van der Waals surface area contributed by atoms with Crippen molar-refractivity contribution in [3.8, 4) is 17.2 Å². The van der Waals surface area contributed by atoms with Crippen molar-refractivity contribution in [2.24, 2.45) is 23.7 Å². The van der Waals surface area contributed by atoms with E-state index < -0.39 is 46.8 Å². The number of benzene rings is 3. The molecule has 0 aromatic heterocycles. The molecule has 3 aromatic carbocycles. The molecule has 2 heterocycles. The molecule has 4 aliphatic rings. The summed E-state index contributed by atoms with van der Waals surface area (Å²) in [6.45, 7) is 2.21. The van der Waals surface area contributed by atoms with Crippen molar-refractivity contribution in [1.29, 1.82) is 0 Å². The molecule has 3 fully saturated rings. The third-order valence-corrected chi connectivity index (χ3v) is 11.7. The van der Waals surface area contributed by atoms with Gasteiger partial charge in [0.2, 0.25) is 11.8 Å². The van der Waals surface area contributed by atoms with E-state index in [1.54, 1.807) is 48.5 Å². The Kier molecular flexibility index (Phi) is 8.89. The van der Waals surface area contributed by atoms with Crippen LogP contribution in [-0.4, -0.2) is 59.4 Å². The van der Waals surface area contributed by atoms with Gasteiger partial charge in [0.15, 0.2) is 11.5 Å². The standard InChI is InChI=1S/C37H34BrCl2N3O7/c1-4-13-42-33(45)23-11-10-22-24(30(23)35(42)47)17-26-34(46)43(41-28-12-7-20(39)16-27(28)40)36(48)37(26,18-5-8-21(49-2)9-6-18)31(22)25-14-19(38)15-29(50-3)32(25)44/h5-10,12,14-16,23-24,26,30-31,41,44H,4,11,13,17H2,1-3H3. The number of carbonyl (C=O) groups is 4. The molecule has 0 bridgehead atoms. The lowest BCUT2D eigenvalue weighted by molar-refractivity contribution is -0.141. The third kappa shape index (κ3) is 5.03. The summed E-state index contributed by atoms with van der Waals surface area (Å²) in [5.74, 6) is -4.97. The van der Waals surface area contributed by atoms with E-state index in [0.717, 1.165) is 5.01 Å². The Labute approximate surface area is 307 Å². The first kappa shape index (κ1) is 34.4. The number of halogens is 3. The van der Waals surface area contributed by atoms with E-state index in [1.165, 1.54) is 25.2 Å². The number of hydrogen-bond acceptors (Lipinski definition) is 8. The lowest BCUT2D eigenvalue weighted by atomic mass is 9.49. The van der Waals surface area contributed by atoms with Gasteiger partial charge >= 0.3 is 0 Å². The number of nitrogens with zero attached hydrogens (tertiary/aromatic N) is 2. The number of ether oxygens (including phenoxy) is 2. The zero-order valence-electron chi connectivity index (χ0n) is 27.4. The van der Waals surface area contributed by atoms with Crippen molar-refractivity contribution in [1.82, 2.24) is 9.91 Å². The van der Waals surface area contributed by atoms with E-state index in [1.807, 2.05) is 13.0 Å². The van der Waals surface area contributed by atoms with Gasteiger partial charge in [0.1, 0.15) is 5.75 Å². The van der Waals surface area contributed by atoms with Gasteiger partial charge in [0, 0.05) is 27.5 Å². The summed E-state index contributed by atoms with van der Waals surface area (Å²) >= 11 is 16.2. The molecule has 6 atom stereocenters. The minimum absolute atomic E-state index is 0.109. The van der Waals surface area contributed by atoms with Crippen LogP contribution < -0.4 is 14.9 Å². The molecule has 10 nitrogen and oxygen atoms in total. The summed E-state index contributed by atoms with van der Waals surface area (Å²) in [6.07, 6.45) is 2.94. The normalized spacial score (nSPS) is 27.2. The van der Waals surface area contributed by atoms with E-state index >= 15 is 4.79 Å². The maximum atomic E-state index is 15.4. The number of amides is 4. The average molecular weight is 784 g/mol. The molecule has 50 heavy (non-hydrogen) atoms. The number of imide groups is 2. The van der Waals surface area contributed by atoms with Crippen LogP contribution >= 0.6 is 39.1 Å². The summed E-state index contributed by atoms with van der Waals surface area (Å²) in [6, 6.07) is 15.0. The molecule has 7 rings (SSSR count). The molecule has 1 saturated carbocycles. The number of likely N-dealkylation sites (tertiary alicyclic amines) is 1. The van der Waals surface area contributed by atoms with E-state index in [0.29, 0.717) is 44.9 Å². The topological polar surface area (TPSA) is 125 Å². The number of hydrazine groups is 1. The Morgan fingerprint density at radius 3 is 2.36 bits per heavy atom. The van der Waals surface area contributed by atoms with Crippen LogP contribution in [0.1, 0.15) is 43.2 Å². The lowest BCUT2D eigenvalue weighted by Crippen LogP contribution is -2.53. The monoisotopic (exact) mass is 781 g/mol. The third-order valence-electron chi connectivity index (χ3n) is 10.7. The summed E-state index contributed by atoms with van der Waals surface area (Å²) in [4.78, 5) is 59.2. The SMILES string of the molecule is CCCN1C(=O)C2CC=C3C(CC4C(=O)N(Nc5ccc(Cl)cc5Cl)C(=O)C4(c4ccc(OC)cc4)C3c3cc(Br)cc(OC)c3O)C2C1=O. The van der Waals surface area contributed by atoms with Gasteiger partial charge < -0.3 is 14.6 Å². The van der Waals surface area contributed by atoms with Crippen LogP contribution in [0.3, 0.4) is 0 Å². The minimum atomic E-state index is -1.62. The predicted molar refractivity (Wildman–Crippen MR) is 190 cm³/mol. The van der Waals surface area contributed by atoms with Gasteiger partial charge in [-0.15, -0.1) is 0 Å². The molecular weight excluding hydrogens is 749 g/mol. The van der Waals surface area contributed by atoms with Crippen molar-refractivity contribution in [3.63, 3.8) is 0 Å². The van der Waals surface area contributed by atoms with Gasteiger partial charge in [-0.2, -0.15) is 5.01 Å². The van der Waals surface area contributed by atoms with Crippen LogP contribution in [0.5, 0.6) is 17.2 Å². The molecule has 2 aliphatic carbocycles. The highest BCUT2D eigenvalue weighted by Gasteiger charge is 2.70. The fourth-order valence-corrected chi connectivity index (χ4v) is 9.57. The molecule has 260 valence electrons. The Morgan fingerprint density at radius 2 is 1.70 bits per heavy atom. The first-order chi connectivity index (χ1) is 24.0. The highest BCUT2D eigenvalue weighted by Crippen LogP contribution is 2.65. The number of fused-ring (bicyclic) bond motifs is 4. The first-order valence-electron chi connectivity index (χ1n) is 16.3. The Morgan fingerprint density at radius 1 is 0.960 bits per heavy atom. The molecule has 6 unspecified atom stereocenters. The quantitative estimate of drug-likeness (QED) is 0.187. The number of hydrogen-bond donors (Lipinski definition) is 2. The molecule has 2 N–H and O–H groups in total. The van der Waals surface area contributed by atoms with E-state index in [-0.39, 0.29) is 46.9 Å². The van der Waals surface area contributed by atoms with Crippen molar-refractivity contribution in [2.45, 2.75) is 37.5 Å². The Hall–Kier alpha value is -4.06. The number of phenols is 1. The van der Waals surface area contributed by atoms with E-state index in [4.69, 9.17) is 32.7 Å². The number of methoxy groups -OCH3 is 2. The zero-order valence-corrected chi connectivity index (χ0v) is 30.5. The van der Waals surface area contributed by atoms with Crippen LogP contribution in [0.25, 0.3) is 0 Å². The Balaban J connectivity index is 1.50. The van der Waals surface area contributed by atoms with Crippen molar-refractivity contribution in [3.05, 3.63) is 91.9 Å². The molecule has 0 radical (unpaired) electrons. The van der Waals surface area contributed by atoms with Gasteiger partial charge in [0.05, 0.1) is 48.1 Å². The molecule has 4 amide bonds.